The Morgan fingerprint density at radius 3 is 3.27 bits per heavy atom. The molecule has 1 N–H and O–H groups in total. The van der Waals surface area contributed by atoms with E-state index in [0.717, 1.165) is 32.5 Å². The minimum absolute atomic E-state index is 0.404. The first kappa shape index (κ1) is 10.6. The van der Waals surface area contributed by atoms with E-state index in [4.69, 9.17) is 4.74 Å². The minimum atomic E-state index is 0.404. The molecule has 4 heteroatoms. The van der Waals surface area contributed by atoms with E-state index in [9.17, 15) is 0 Å². The van der Waals surface area contributed by atoms with E-state index in [1.165, 1.54) is 0 Å². The number of nitrogens with one attached hydrogen (secondary N) is 1. The lowest BCUT2D eigenvalue weighted by Gasteiger charge is -2.28. The van der Waals surface area contributed by atoms with Crippen LogP contribution in [-0.2, 0) is 11.3 Å². The van der Waals surface area contributed by atoms with E-state index in [1.807, 2.05) is 23.1 Å². The summed E-state index contributed by atoms with van der Waals surface area (Å²) in [5.74, 6) is 0. The molecule has 1 saturated heterocycles. The van der Waals surface area contributed by atoms with Gasteiger partial charge in [0, 0.05) is 31.6 Å². The molecule has 1 aromatic heterocycles. The van der Waals surface area contributed by atoms with Crippen LogP contribution in [-0.4, -0.2) is 35.1 Å². The Balaban J connectivity index is 1.65. The van der Waals surface area contributed by atoms with E-state index in [-0.39, 0.29) is 0 Å². The van der Waals surface area contributed by atoms with Crippen LogP contribution in [0.5, 0.6) is 0 Å². The molecule has 0 saturated carbocycles. The highest BCUT2D eigenvalue weighted by Crippen LogP contribution is 2.12. The summed E-state index contributed by atoms with van der Waals surface area (Å²) in [6.45, 7) is 4.96. The molecule has 0 bridgehead atoms. The fraction of sp³-hybridized carbons (Fsp3) is 0.727. The number of ether oxygens (including phenoxy) is 1. The molecule has 1 aliphatic heterocycles. The van der Waals surface area contributed by atoms with Crippen LogP contribution in [0, 0.1) is 0 Å². The molecule has 0 amide bonds. The van der Waals surface area contributed by atoms with Crippen LogP contribution in [0.3, 0.4) is 0 Å². The smallest absolute Gasteiger partial charge is 0.0561 e. The van der Waals surface area contributed by atoms with Gasteiger partial charge < -0.3 is 10.1 Å². The summed E-state index contributed by atoms with van der Waals surface area (Å²) in [7, 11) is 0. The SMILES string of the molecule is CC1CC(NCCn2cccn2)CCO1. The van der Waals surface area contributed by atoms with Crippen LogP contribution >= 0.6 is 0 Å². The van der Waals surface area contributed by atoms with Gasteiger partial charge in [0.2, 0.25) is 0 Å². The summed E-state index contributed by atoms with van der Waals surface area (Å²) in [5.41, 5.74) is 0. The molecule has 0 aliphatic carbocycles. The lowest BCUT2D eigenvalue weighted by atomic mass is 10.0. The van der Waals surface area contributed by atoms with Crippen LogP contribution in [0.4, 0.5) is 0 Å². The second kappa shape index (κ2) is 5.28. The highest BCUT2D eigenvalue weighted by molar-refractivity contribution is 4.79. The molecule has 84 valence electrons. The number of hydrogen-bond donors (Lipinski definition) is 1. The number of rotatable bonds is 4. The van der Waals surface area contributed by atoms with E-state index in [0.29, 0.717) is 12.1 Å². The minimum Gasteiger partial charge on any atom is -0.378 e. The van der Waals surface area contributed by atoms with Gasteiger partial charge in [0.15, 0.2) is 0 Å². The fourth-order valence-corrected chi connectivity index (χ4v) is 2.00. The predicted molar refractivity (Wildman–Crippen MR) is 58.7 cm³/mol. The van der Waals surface area contributed by atoms with Crippen molar-refractivity contribution in [3.63, 3.8) is 0 Å². The van der Waals surface area contributed by atoms with Crippen molar-refractivity contribution < 1.29 is 4.74 Å². The Hall–Kier alpha value is -0.870. The Bertz CT molecular complexity index is 273. The van der Waals surface area contributed by atoms with Crippen LogP contribution in [0.2, 0.25) is 0 Å². The van der Waals surface area contributed by atoms with E-state index >= 15 is 0 Å². The summed E-state index contributed by atoms with van der Waals surface area (Å²) < 4.78 is 7.46. The molecule has 0 aromatic carbocycles. The van der Waals surface area contributed by atoms with Crippen LogP contribution in [0.1, 0.15) is 19.8 Å². The second-order valence-corrected chi connectivity index (χ2v) is 4.13. The molecule has 15 heavy (non-hydrogen) atoms. The van der Waals surface area contributed by atoms with Gasteiger partial charge >= 0.3 is 0 Å². The zero-order chi connectivity index (χ0) is 10.5. The molecule has 0 radical (unpaired) electrons. The lowest BCUT2D eigenvalue weighted by molar-refractivity contribution is 0.0133. The van der Waals surface area contributed by atoms with Crippen LogP contribution in [0.25, 0.3) is 0 Å². The van der Waals surface area contributed by atoms with Gasteiger partial charge in [0.25, 0.3) is 0 Å². The Morgan fingerprint density at radius 1 is 1.60 bits per heavy atom. The topological polar surface area (TPSA) is 39.1 Å². The Morgan fingerprint density at radius 2 is 2.53 bits per heavy atom. The maximum atomic E-state index is 5.50. The third-order valence-electron chi connectivity index (χ3n) is 2.82. The third kappa shape index (κ3) is 3.32. The van der Waals surface area contributed by atoms with Gasteiger partial charge in [-0.25, -0.2) is 0 Å². The normalized spacial score (nSPS) is 26.7. The molecular formula is C11H19N3O. The van der Waals surface area contributed by atoms with E-state index in [2.05, 4.69) is 17.3 Å². The summed E-state index contributed by atoms with van der Waals surface area (Å²) in [4.78, 5) is 0. The van der Waals surface area contributed by atoms with Gasteiger partial charge in [-0.3, -0.25) is 4.68 Å². The molecule has 1 aliphatic rings. The average molecular weight is 209 g/mol. The van der Waals surface area contributed by atoms with Crippen molar-refractivity contribution >= 4 is 0 Å². The molecule has 4 nitrogen and oxygen atoms in total. The molecule has 1 fully saturated rings. The van der Waals surface area contributed by atoms with Crippen molar-refractivity contribution in [2.45, 2.75) is 38.5 Å². The number of hydrogen-bond acceptors (Lipinski definition) is 3. The van der Waals surface area contributed by atoms with Gasteiger partial charge in [0.05, 0.1) is 12.6 Å². The maximum absolute atomic E-state index is 5.50. The van der Waals surface area contributed by atoms with Crippen molar-refractivity contribution in [1.82, 2.24) is 15.1 Å². The first-order valence-electron chi connectivity index (χ1n) is 5.67. The average Bonchev–Trinajstić information content (AvgIpc) is 2.71. The van der Waals surface area contributed by atoms with Crippen LogP contribution < -0.4 is 5.32 Å². The highest BCUT2D eigenvalue weighted by atomic mass is 16.5. The molecule has 2 unspecified atom stereocenters. The van der Waals surface area contributed by atoms with E-state index < -0.39 is 0 Å². The van der Waals surface area contributed by atoms with Gasteiger partial charge in [0.1, 0.15) is 0 Å². The summed E-state index contributed by atoms with van der Waals surface area (Å²) >= 11 is 0. The first-order chi connectivity index (χ1) is 7.34. The molecule has 2 heterocycles. The maximum Gasteiger partial charge on any atom is 0.0561 e. The van der Waals surface area contributed by atoms with Crippen molar-refractivity contribution in [3.05, 3.63) is 18.5 Å². The molecule has 1 aromatic rings. The van der Waals surface area contributed by atoms with Crippen LogP contribution in [0.15, 0.2) is 18.5 Å². The monoisotopic (exact) mass is 209 g/mol. The van der Waals surface area contributed by atoms with Gasteiger partial charge in [-0.2, -0.15) is 5.10 Å². The van der Waals surface area contributed by atoms with Crippen molar-refractivity contribution in [2.24, 2.45) is 0 Å². The Kier molecular flexibility index (Phi) is 3.75. The fourth-order valence-electron chi connectivity index (χ4n) is 2.00. The summed E-state index contributed by atoms with van der Waals surface area (Å²) in [6.07, 6.45) is 6.47. The summed E-state index contributed by atoms with van der Waals surface area (Å²) in [6, 6.07) is 2.57. The highest BCUT2D eigenvalue weighted by Gasteiger charge is 2.18. The number of aromatic nitrogens is 2. The first-order valence-corrected chi connectivity index (χ1v) is 5.67. The van der Waals surface area contributed by atoms with E-state index in [1.54, 1.807) is 0 Å². The van der Waals surface area contributed by atoms with Crippen molar-refractivity contribution in [3.8, 4) is 0 Å². The third-order valence-corrected chi connectivity index (χ3v) is 2.82. The largest absolute Gasteiger partial charge is 0.378 e. The quantitative estimate of drug-likeness (QED) is 0.805. The van der Waals surface area contributed by atoms with Gasteiger partial charge in [-0.15, -0.1) is 0 Å². The zero-order valence-corrected chi connectivity index (χ0v) is 9.22. The van der Waals surface area contributed by atoms with Crippen molar-refractivity contribution in [2.75, 3.05) is 13.2 Å². The number of nitrogens with zero attached hydrogens (tertiary/aromatic N) is 2. The van der Waals surface area contributed by atoms with Gasteiger partial charge in [-0.1, -0.05) is 0 Å². The second-order valence-electron chi connectivity index (χ2n) is 4.13. The van der Waals surface area contributed by atoms with Gasteiger partial charge in [-0.05, 0) is 25.8 Å². The standard InChI is InChI=1S/C11H19N3O/c1-10-9-11(3-8-15-10)12-5-7-14-6-2-4-13-14/h2,4,6,10-12H,3,5,7-9H2,1H3. The molecule has 0 spiro atoms. The molecular weight excluding hydrogens is 190 g/mol. The zero-order valence-electron chi connectivity index (χ0n) is 9.22. The molecule has 2 atom stereocenters. The summed E-state index contributed by atoms with van der Waals surface area (Å²) in [5, 5.41) is 7.72. The lowest BCUT2D eigenvalue weighted by Crippen LogP contribution is -2.39. The van der Waals surface area contributed by atoms with Crippen molar-refractivity contribution in [1.29, 1.82) is 0 Å². The molecule has 2 rings (SSSR count). The Labute approximate surface area is 90.6 Å². The predicted octanol–water partition coefficient (Wildman–Crippen LogP) is 1.04.